The Kier molecular flexibility index (Phi) is 6.67. The number of aryl methyl sites for hydroxylation is 2. The lowest BCUT2D eigenvalue weighted by Gasteiger charge is -2.27. The van der Waals surface area contributed by atoms with Crippen LogP contribution in [0, 0.1) is 31.3 Å². The van der Waals surface area contributed by atoms with Crippen LogP contribution in [0.4, 0.5) is 13.2 Å². The number of methoxy groups -OCH3 is 1. The topological polar surface area (TPSA) is 64.4 Å². The molecule has 168 valence electrons. The molecule has 1 unspecified atom stereocenters. The molecule has 0 aliphatic rings. The van der Waals surface area contributed by atoms with Crippen molar-refractivity contribution in [2.75, 3.05) is 14.2 Å². The van der Waals surface area contributed by atoms with Gasteiger partial charge in [0.2, 0.25) is 0 Å². The van der Waals surface area contributed by atoms with E-state index < -0.39 is 35.4 Å². The predicted molar refractivity (Wildman–Crippen MR) is 110 cm³/mol. The maximum absolute atomic E-state index is 13.8. The van der Waals surface area contributed by atoms with Gasteiger partial charge in [0.25, 0.3) is 5.91 Å². The molecule has 0 aliphatic heterocycles. The average Bonchev–Trinajstić information content (AvgIpc) is 3.07. The van der Waals surface area contributed by atoms with Crippen molar-refractivity contribution in [3.8, 4) is 0 Å². The summed E-state index contributed by atoms with van der Waals surface area (Å²) in [6, 6.07) is 8.52. The highest BCUT2D eigenvalue weighted by Gasteiger charge is 2.32. The van der Waals surface area contributed by atoms with E-state index in [9.17, 15) is 22.8 Å². The molecular weight excluding hydrogens is 423 g/mol. The van der Waals surface area contributed by atoms with Crippen molar-refractivity contribution in [3.63, 3.8) is 0 Å². The van der Waals surface area contributed by atoms with E-state index in [1.165, 1.54) is 7.05 Å². The zero-order chi connectivity index (χ0) is 23.6. The third-order valence-corrected chi connectivity index (χ3v) is 5.06. The molecule has 0 saturated carbocycles. The first-order chi connectivity index (χ1) is 15.1. The maximum atomic E-state index is 13.8. The fraction of sp³-hybridized carbons (Fsp3) is 0.261. The van der Waals surface area contributed by atoms with Crippen LogP contribution in [0.25, 0.3) is 0 Å². The molecule has 0 saturated heterocycles. The molecule has 1 atom stereocenters. The monoisotopic (exact) mass is 445 g/mol. The summed E-state index contributed by atoms with van der Waals surface area (Å²) in [5.41, 5.74) is 2.63. The number of benzene rings is 2. The average molecular weight is 445 g/mol. The van der Waals surface area contributed by atoms with E-state index in [4.69, 9.17) is 4.74 Å². The van der Waals surface area contributed by atoms with E-state index in [0.29, 0.717) is 18.7 Å². The van der Waals surface area contributed by atoms with Crippen molar-refractivity contribution < 1.29 is 27.5 Å². The molecule has 32 heavy (non-hydrogen) atoms. The van der Waals surface area contributed by atoms with Crippen LogP contribution in [0.3, 0.4) is 0 Å². The Morgan fingerprint density at radius 2 is 1.75 bits per heavy atom. The summed E-state index contributed by atoms with van der Waals surface area (Å²) >= 11 is 0. The number of carbonyl (C=O) groups excluding carboxylic acids is 2. The third kappa shape index (κ3) is 4.66. The normalized spacial score (nSPS) is 11.8. The number of hydrogen-bond acceptors (Lipinski definition) is 4. The van der Waals surface area contributed by atoms with Crippen molar-refractivity contribution in [1.29, 1.82) is 0 Å². The summed E-state index contributed by atoms with van der Waals surface area (Å²) in [5.74, 6) is -6.11. The summed E-state index contributed by atoms with van der Waals surface area (Å²) in [6.45, 7) is 4.23. The SMILES string of the molecule is COC(=O)C(c1cc(F)c(F)c(F)c1)N(C)C(=O)c1cccc(Cn2nc(C)cc2C)c1. The molecule has 0 bridgehead atoms. The standard InChI is InChI=1S/C23H22F3N3O3/c1-13-8-14(2)29(27-13)12-15-6-5-7-16(9-15)22(30)28(3)21(23(31)32-4)17-10-18(24)20(26)19(25)11-17/h5-11,21H,12H2,1-4H3. The van der Waals surface area contributed by atoms with Crippen molar-refractivity contribution in [3.05, 3.63) is 88.0 Å². The molecular formula is C23H22F3N3O3. The van der Waals surface area contributed by atoms with Gasteiger partial charge in [0.1, 0.15) is 0 Å². The Morgan fingerprint density at radius 1 is 1.09 bits per heavy atom. The first-order valence-corrected chi connectivity index (χ1v) is 9.71. The molecule has 1 amide bonds. The Bertz CT molecular complexity index is 1150. The zero-order valence-electron chi connectivity index (χ0n) is 18.0. The van der Waals surface area contributed by atoms with E-state index in [1.807, 2.05) is 26.0 Å². The number of amides is 1. The van der Waals surface area contributed by atoms with E-state index in [0.717, 1.165) is 29.0 Å². The molecule has 0 N–H and O–H groups in total. The number of esters is 1. The molecule has 0 spiro atoms. The van der Waals surface area contributed by atoms with Gasteiger partial charge in [0.15, 0.2) is 23.5 Å². The fourth-order valence-electron chi connectivity index (χ4n) is 3.49. The highest BCUT2D eigenvalue weighted by molar-refractivity contribution is 5.97. The second-order valence-corrected chi connectivity index (χ2v) is 7.43. The quantitative estimate of drug-likeness (QED) is 0.426. The minimum Gasteiger partial charge on any atom is -0.467 e. The number of aromatic nitrogens is 2. The molecule has 6 nitrogen and oxygen atoms in total. The van der Waals surface area contributed by atoms with Gasteiger partial charge >= 0.3 is 5.97 Å². The van der Waals surface area contributed by atoms with Gasteiger partial charge in [0, 0.05) is 18.3 Å². The van der Waals surface area contributed by atoms with Crippen molar-refractivity contribution >= 4 is 11.9 Å². The molecule has 1 aromatic heterocycles. The number of nitrogens with zero attached hydrogens (tertiary/aromatic N) is 3. The van der Waals surface area contributed by atoms with Crippen LogP contribution < -0.4 is 0 Å². The van der Waals surface area contributed by atoms with Crippen LogP contribution in [0.15, 0.2) is 42.5 Å². The predicted octanol–water partition coefficient (Wildman–Crippen LogP) is 3.95. The molecule has 9 heteroatoms. The lowest BCUT2D eigenvalue weighted by atomic mass is 10.0. The van der Waals surface area contributed by atoms with Gasteiger partial charge in [-0.15, -0.1) is 0 Å². The van der Waals surface area contributed by atoms with Gasteiger partial charge in [-0.1, -0.05) is 12.1 Å². The third-order valence-electron chi connectivity index (χ3n) is 5.06. The Hall–Kier alpha value is -3.62. The van der Waals surface area contributed by atoms with Gasteiger partial charge in [0.05, 0.1) is 19.3 Å². The highest BCUT2D eigenvalue weighted by atomic mass is 19.2. The molecule has 3 aromatic rings. The summed E-state index contributed by atoms with van der Waals surface area (Å²) in [5, 5.41) is 4.40. The minimum atomic E-state index is -1.66. The van der Waals surface area contributed by atoms with Gasteiger partial charge < -0.3 is 9.64 Å². The van der Waals surface area contributed by atoms with Crippen LogP contribution in [-0.2, 0) is 16.1 Å². The molecule has 0 aliphatic carbocycles. The Balaban J connectivity index is 1.92. The first kappa shape index (κ1) is 23.1. The van der Waals surface area contributed by atoms with E-state index in [2.05, 4.69) is 5.10 Å². The summed E-state index contributed by atoms with van der Waals surface area (Å²) in [6.07, 6.45) is 0. The lowest BCUT2D eigenvalue weighted by Crippen LogP contribution is -2.36. The Labute approximate surface area is 183 Å². The van der Waals surface area contributed by atoms with Gasteiger partial charge in [-0.2, -0.15) is 5.10 Å². The van der Waals surface area contributed by atoms with Gasteiger partial charge in [-0.3, -0.25) is 9.48 Å². The largest absolute Gasteiger partial charge is 0.467 e. The zero-order valence-corrected chi connectivity index (χ0v) is 18.0. The van der Waals surface area contributed by atoms with Gasteiger partial charge in [-0.25, -0.2) is 18.0 Å². The number of halogens is 3. The van der Waals surface area contributed by atoms with Crippen molar-refractivity contribution in [2.45, 2.75) is 26.4 Å². The maximum Gasteiger partial charge on any atom is 0.333 e. The van der Waals surface area contributed by atoms with Crippen LogP contribution >= 0.6 is 0 Å². The lowest BCUT2D eigenvalue weighted by molar-refractivity contribution is -0.145. The minimum absolute atomic E-state index is 0.247. The van der Waals surface area contributed by atoms with Crippen LogP contribution in [-0.4, -0.2) is 40.7 Å². The number of likely N-dealkylation sites (N-methyl/N-ethyl adjacent to an activating group) is 1. The number of rotatable bonds is 6. The molecule has 0 radical (unpaired) electrons. The number of hydrogen-bond donors (Lipinski definition) is 0. The second kappa shape index (κ2) is 9.25. The van der Waals surface area contributed by atoms with Crippen molar-refractivity contribution in [2.24, 2.45) is 0 Å². The van der Waals surface area contributed by atoms with Crippen LogP contribution in [0.2, 0.25) is 0 Å². The smallest absolute Gasteiger partial charge is 0.333 e. The molecule has 1 heterocycles. The fourth-order valence-corrected chi connectivity index (χ4v) is 3.49. The summed E-state index contributed by atoms with van der Waals surface area (Å²) in [4.78, 5) is 26.5. The van der Waals surface area contributed by atoms with Crippen LogP contribution in [0.1, 0.15) is 38.9 Å². The molecule has 2 aromatic carbocycles. The molecule has 0 fully saturated rings. The van der Waals surface area contributed by atoms with Crippen LogP contribution in [0.5, 0.6) is 0 Å². The number of ether oxygens (including phenoxy) is 1. The summed E-state index contributed by atoms with van der Waals surface area (Å²) in [7, 11) is 2.38. The van der Waals surface area contributed by atoms with Gasteiger partial charge in [-0.05, 0) is 55.3 Å². The first-order valence-electron chi connectivity index (χ1n) is 9.71. The van der Waals surface area contributed by atoms with E-state index in [-0.39, 0.29) is 11.1 Å². The second-order valence-electron chi connectivity index (χ2n) is 7.43. The van der Waals surface area contributed by atoms with E-state index in [1.54, 1.807) is 22.9 Å². The number of carbonyl (C=O) groups is 2. The van der Waals surface area contributed by atoms with Crippen molar-refractivity contribution in [1.82, 2.24) is 14.7 Å². The molecule has 3 rings (SSSR count). The Morgan fingerprint density at radius 3 is 2.31 bits per heavy atom. The summed E-state index contributed by atoms with van der Waals surface area (Å²) < 4.78 is 47.4. The van der Waals surface area contributed by atoms with E-state index >= 15 is 0 Å². The highest BCUT2D eigenvalue weighted by Crippen LogP contribution is 2.26.